The normalized spacial score (nSPS) is 18.5. The van der Waals surface area contributed by atoms with Crippen molar-refractivity contribution in [3.05, 3.63) is 40.8 Å². The van der Waals surface area contributed by atoms with Gasteiger partial charge in [-0.3, -0.25) is 4.79 Å². The van der Waals surface area contributed by atoms with E-state index in [2.05, 4.69) is 40.6 Å². The van der Waals surface area contributed by atoms with Crippen LogP contribution in [0.4, 0.5) is 5.13 Å². The number of aromatic nitrogens is 1. The molecule has 30 heavy (non-hydrogen) atoms. The number of carbonyl (C=O) groups is 1. The Labute approximate surface area is 183 Å². The van der Waals surface area contributed by atoms with Crippen LogP contribution in [-0.4, -0.2) is 40.5 Å². The van der Waals surface area contributed by atoms with Crippen LogP contribution in [0.15, 0.2) is 30.3 Å². The van der Waals surface area contributed by atoms with Crippen molar-refractivity contribution in [2.75, 3.05) is 25.0 Å². The lowest BCUT2D eigenvalue weighted by Gasteiger charge is -2.32. The highest BCUT2D eigenvalue weighted by Crippen LogP contribution is 2.31. The summed E-state index contributed by atoms with van der Waals surface area (Å²) in [5, 5.41) is 14.3. The van der Waals surface area contributed by atoms with Gasteiger partial charge in [0.05, 0.1) is 11.3 Å². The van der Waals surface area contributed by atoms with Crippen molar-refractivity contribution < 1.29 is 9.90 Å². The summed E-state index contributed by atoms with van der Waals surface area (Å²) in [4.78, 5) is 19.6. The summed E-state index contributed by atoms with van der Waals surface area (Å²) in [5.41, 5.74) is 1.38. The highest BCUT2D eigenvalue weighted by Gasteiger charge is 2.25. The van der Waals surface area contributed by atoms with Crippen molar-refractivity contribution in [2.24, 2.45) is 11.8 Å². The van der Waals surface area contributed by atoms with Gasteiger partial charge in [-0.15, -0.1) is 0 Å². The SMILES string of the molecule is O=C(Cc1sc(NCC2CCCCC2)nc1O)N1CCC(Cc2ccccc2)CC1. The molecule has 1 amide bonds. The van der Waals surface area contributed by atoms with E-state index in [1.807, 2.05) is 4.90 Å². The van der Waals surface area contributed by atoms with Gasteiger partial charge in [0.1, 0.15) is 0 Å². The quantitative estimate of drug-likeness (QED) is 0.662. The van der Waals surface area contributed by atoms with Gasteiger partial charge in [0.25, 0.3) is 0 Å². The van der Waals surface area contributed by atoms with Crippen LogP contribution in [0.1, 0.15) is 55.4 Å². The number of hydrogen-bond donors (Lipinski definition) is 2. The maximum atomic E-state index is 12.8. The molecule has 1 saturated heterocycles. The number of thiazole rings is 1. The first-order valence-corrected chi connectivity index (χ1v) is 12.2. The molecule has 4 rings (SSSR count). The zero-order valence-electron chi connectivity index (χ0n) is 17.7. The van der Waals surface area contributed by atoms with Gasteiger partial charge in [0.2, 0.25) is 11.8 Å². The largest absolute Gasteiger partial charge is 0.492 e. The molecule has 0 atom stereocenters. The number of likely N-dealkylation sites (tertiary alicyclic amines) is 1. The first-order chi connectivity index (χ1) is 14.7. The molecule has 6 heteroatoms. The van der Waals surface area contributed by atoms with Crippen LogP contribution in [0.5, 0.6) is 5.88 Å². The number of aromatic hydroxyl groups is 1. The Bertz CT molecular complexity index is 809. The summed E-state index contributed by atoms with van der Waals surface area (Å²) in [5.74, 6) is 1.46. The number of anilines is 1. The molecule has 1 saturated carbocycles. The Kier molecular flexibility index (Phi) is 7.26. The van der Waals surface area contributed by atoms with Crippen molar-refractivity contribution in [2.45, 2.75) is 57.8 Å². The van der Waals surface area contributed by atoms with Crippen molar-refractivity contribution in [3.8, 4) is 5.88 Å². The van der Waals surface area contributed by atoms with Gasteiger partial charge >= 0.3 is 0 Å². The van der Waals surface area contributed by atoms with Crippen LogP contribution in [-0.2, 0) is 17.6 Å². The zero-order chi connectivity index (χ0) is 20.8. The molecule has 0 bridgehead atoms. The van der Waals surface area contributed by atoms with Gasteiger partial charge in [-0.05, 0) is 49.5 Å². The van der Waals surface area contributed by atoms with Crippen molar-refractivity contribution in [3.63, 3.8) is 0 Å². The number of nitrogens with one attached hydrogen (secondary N) is 1. The van der Waals surface area contributed by atoms with Crippen LogP contribution in [0.2, 0.25) is 0 Å². The van der Waals surface area contributed by atoms with E-state index in [4.69, 9.17) is 0 Å². The summed E-state index contributed by atoms with van der Waals surface area (Å²) >= 11 is 1.42. The molecular weight excluding hydrogens is 394 g/mol. The molecule has 2 fully saturated rings. The molecule has 2 N–H and O–H groups in total. The fourth-order valence-electron chi connectivity index (χ4n) is 4.74. The minimum absolute atomic E-state index is 0.0125. The maximum Gasteiger partial charge on any atom is 0.228 e. The Morgan fingerprint density at radius 3 is 2.53 bits per heavy atom. The molecule has 0 radical (unpaired) electrons. The van der Waals surface area contributed by atoms with E-state index in [1.54, 1.807) is 0 Å². The molecule has 1 aliphatic heterocycles. The first kappa shape index (κ1) is 21.2. The van der Waals surface area contributed by atoms with Crippen LogP contribution >= 0.6 is 11.3 Å². The summed E-state index contributed by atoms with van der Waals surface area (Å²) in [6.07, 6.45) is 9.96. The highest BCUT2D eigenvalue weighted by molar-refractivity contribution is 7.16. The molecular formula is C24H33N3O2S. The molecule has 1 aromatic carbocycles. The smallest absolute Gasteiger partial charge is 0.228 e. The molecule has 0 unspecified atom stereocenters. The minimum atomic E-state index is 0.0125. The third kappa shape index (κ3) is 5.75. The Hall–Kier alpha value is -2.08. The van der Waals surface area contributed by atoms with Crippen LogP contribution in [0.3, 0.4) is 0 Å². The molecule has 2 heterocycles. The van der Waals surface area contributed by atoms with E-state index in [1.165, 1.54) is 49.0 Å². The van der Waals surface area contributed by atoms with Gasteiger partial charge in [-0.1, -0.05) is 60.9 Å². The average Bonchev–Trinajstić information content (AvgIpc) is 3.13. The standard InChI is InChI=1S/C24H33N3O2S/c28-22(27-13-11-19(12-14-27)15-18-7-3-1-4-8-18)16-21-23(29)26-24(30-21)25-17-20-9-5-2-6-10-20/h1,3-4,7-8,19-20,29H,2,5-6,9-17H2,(H,25,26). The topological polar surface area (TPSA) is 65.5 Å². The van der Waals surface area contributed by atoms with Crippen molar-refractivity contribution >= 4 is 22.4 Å². The lowest BCUT2D eigenvalue weighted by molar-refractivity contribution is -0.131. The summed E-state index contributed by atoms with van der Waals surface area (Å²) < 4.78 is 0. The molecule has 5 nitrogen and oxygen atoms in total. The molecule has 2 aliphatic rings. The number of benzene rings is 1. The predicted octanol–water partition coefficient (Wildman–Crippen LogP) is 4.86. The minimum Gasteiger partial charge on any atom is -0.492 e. The Morgan fingerprint density at radius 2 is 1.80 bits per heavy atom. The van der Waals surface area contributed by atoms with Crippen LogP contribution in [0, 0.1) is 11.8 Å². The fourth-order valence-corrected chi connectivity index (χ4v) is 5.59. The van der Waals surface area contributed by atoms with Crippen molar-refractivity contribution in [1.29, 1.82) is 0 Å². The molecule has 2 aromatic rings. The molecule has 162 valence electrons. The van der Waals surface area contributed by atoms with E-state index in [9.17, 15) is 9.90 Å². The number of rotatable bonds is 7. The van der Waals surface area contributed by atoms with E-state index in [0.29, 0.717) is 16.7 Å². The third-order valence-corrected chi connectivity index (χ3v) is 7.59. The molecule has 0 spiro atoms. The second kappa shape index (κ2) is 10.3. The van der Waals surface area contributed by atoms with Gasteiger partial charge in [-0.2, -0.15) is 4.98 Å². The number of piperidine rings is 1. The number of nitrogens with zero attached hydrogens (tertiary/aromatic N) is 2. The second-order valence-corrected chi connectivity index (χ2v) is 9.93. The van der Waals surface area contributed by atoms with Gasteiger partial charge in [-0.25, -0.2) is 0 Å². The lowest BCUT2D eigenvalue weighted by atomic mass is 9.89. The van der Waals surface area contributed by atoms with Gasteiger partial charge in [0, 0.05) is 19.6 Å². The number of amides is 1. The van der Waals surface area contributed by atoms with E-state index < -0.39 is 0 Å². The predicted molar refractivity (Wildman–Crippen MR) is 122 cm³/mol. The molecule has 1 aromatic heterocycles. The monoisotopic (exact) mass is 427 g/mol. The lowest BCUT2D eigenvalue weighted by Crippen LogP contribution is -2.39. The summed E-state index contributed by atoms with van der Waals surface area (Å²) in [7, 11) is 0. The average molecular weight is 428 g/mol. The zero-order valence-corrected chi connectivity index (χ0v) is 18.5. The van der Waals surface area contributed by atoms with Crippen LogP contribution in [0.25, 0.3) is 0 Å². The van der Waals surface area contributed by atoms with Crippen molar-refractivity contribution in [1.82, 2.24) is 9.88 Å². The fraction of sp³-hybridized carbons (Fsp3) is 0.583. The van der Waals surface area contributed by atoms with E-state index in [-0.39, 0.29) is 18.2 Å². The van der Waals surface area contributed by atoms with E-state index in [0.717, 1.165) is 44.0 Å². The van der Waals surface area contributed by atoms with Gasteiger partial charge in [0.15, 0.2) is 5.13 Å². The number of carbonyl (C=O) groups excluding carboxylic acids is 1. The summed E-state index contributed by atoms with van der Waals surface area (Å²) in [6, 6.07) is 10.6. The summed E-state index contributed by atoms with van der Waals surface area (Å²) in [6.45, 7) is 2.53. The first-order valence-electron chi connectivity index (χ1n) is 11.4. The van der Waals surface area contributed by atoms with Crippen LogP contribution < -0.4 is 5.32 Å². The second-order valence-electron chi connectivity index (χ2n) is 8.84. The third-order valence-electron chi connectivity index (χ3n) is 6.59. The Morgan fingerprint density at radius 1 is 1.07 bits per heavy atom. The van der Waals surface area contributed by atoms with Gasteiger partial charge < -0.3 is 15.3 Å². The highest BCUT2D eigenvalue weighted by atomic mass is 32.1. The molecule has 1 aliphatic carbocycles. The van der Waals surface area contributed by atoms with E-state index >= 15 is 0 Å². The number of hydrogen-bond acceptors (Lipinski definition) is 5. The maximum absolute atomic E-state index is 12.8. The Balaban J connectivity index is 1.23.